The third-order valence-corrected chi connectivity index (χ3v) is 1.41. The lowest BCUT2D eigenvalue weighted by Gasteiger charge is -2.17. The largest absolute Gasteiger partial charge is 0.573 e. The Morgan fingerprint density at radius 2 is 1.59 bits per heavy atom. The number of aromatic hydroxyl groups is 1. The Kier molecular flexibility index (Phi) is 3.36. The van der Waals surface area contributed by atoms with Crippen LogP contribution in [0.3, 0.4) is 0 Å². The second-order valence-corrected chi connectivity index (χ2v) is 2.85. The fourth-order valence-electron chi connectivity index (χ4n) is 0.921. The number of halogens is 3. The van der Waals surface area contributed by atoms with Crippen LogP contribution >= 0.6 is 0 Å². The van der Waals surface area contributed by atoms with Gasteiger partial charge in [0.2, 0.25) is 0 Å². The number of aliphatic hydroxyl groups is 3. The van der Waals surface area contributed by atoms with Crippen molar-refractivity contribution in [2.45, 2.75) is 12.5 Å². The molecule has 6 nitrogen and oxygen atoms in total. The van der Waals surface area contributed by atoms with Crippen molar-refractivity contribution in [2.75, 3.05) is 0 Å². The van der Waals surface area contributed by atoms with Crippen LogP contribution in [0.4, 0.5) is 13.2 Å². The quantitative estimate of drug-likeness (QED) is 0.579. The number of hydrogen-bond donors (Lipinski definition) is 4. The maximum Gasteiger partial charge on any atom is 0.573 e. The molecule has 1 aromatic rings. The number of hydrogen-bond acceptors (Lipinski definition) is 6. The molecule has 0 amide bonds. The summed E-state index contributed by atoms with van der Waals surface area (Å²) >= 11 is 0. The summed E-state index contributed by atoms with van der Waals surface area (Å²) < 4.78 is 42.9. The van der Waals surface area contributed by atoms with E-state index in [9.17, 15) is 13.2 Å². The monoisotopic (exact) mass is 256 g/mol. The highest BCUT2D eigenvalue weighted by Crippen LogP contribution is 2.33. The predicted molar refractivity (Wildman–Crippen MR) is 44.8 cm³/mol. The number of phenols is 1. The van der Waals surface area contributed by atoms with Crippen LogP contribution in [0.2, 0.25) is 0 Å². The molecule has 0 aliphatic carbocycles. The van der Waals surface area contributed by atoms with E-state index in [0.29, 0.717) is 6.07 Å². The predicted octanol–water partition coefficient (Wildman–Crippen LogP) is 0.258. The first-order valence-electron chi connectivity index (χ1n) is 4.02. The second-order valence-electron chi connectivity index (χ2n) is 2.85. The van der Waals surface area contributed by atoms with Gasteiger partial charge in [0, 0.05) is 6.07 Å². The normalized spacial score (nSPS) is 12.4. The van der Waals surface area contributed by atoms with E-state index in [1.54, 1.807) is 0 Å². The highest BCUT2D eigenvalue weighted by molar-refractivity contribution is 5.44. The van der Waals surface area contributed by atoms with Gasteiger partial charge in [0.1, 0.15) is 5.75 Å². The molecule has 0 fully saturated rings. The minimum absolute atomic E-state index is 0.514. The highest BCUT2D eigenvalue weighted by atomic mass is 19.4. The summed E-state index contributed by atoms with van der Waals surface area (Å²) in [6.07, 6.45) is -8.59. The average Bonchev–Trinajstić information content (AvgIpc) is 2.05. The van der Waals surface area contributed by atoms with Crippen LogP contribution in [-0.4, -0.2) is 32.9 Å². The molecule has 0 unspecified atom stereocenters. The van der Waals surface area contributed by atoms with Crippen molar-refractivity contribution in [3.05, 3.63) is 18.2 Å². The van der Waals surface area contributed by atoms with Gasteiger partial charge in [0.15, 0.2) is 11.5 Å². The van der Waals surface area contributed by atoms with E-state index in [-0.39, 0.29) is 0 Å². The molecule has 0 heterocycles. The fraction of sp³-hybridized carbons (Fsp3) is 0.250. The van der Waals surface area contributed by atoms with Crippen LogP contribution in [0, 0.1) is 0 Å². The van der Waals surface area contributed by atoms with Gasteiger partial charge >= 0.3 is 12.5 Å². The van der Waals surface area contributed by atoms with Gasteiger partial charge in [-0.3, -0.25) is 0 Å². The lowest BCUT2D eigenvalue weighted by atomic mass is 10.3. The summed E-state index contributed by atoms with van der Waals surface area (Å²) in [4.78, 5) is 0. The Morgan fingerprint density at radius 3 is 2.06 bits per heavy atom. The summed E-state index contributed by atoms with van der Waals surface area (Å²) in [7, 11) is 0. The molecule has 0 radical (unpaired) electrons. The van der Waals surface area contributed by atoms with Crippen LogP contribution in [0.5, 0.6) is 17.2 Å². The molecular formula is C8H7F3O6. The molecule has 0 bridgehead atoms. The average molecular weight is 256 g/mol. The zero-order chi connectivity index (χ0) is 13.3. The number of rotatable bonds is 3. The summed E-state index contributed by atoms with van der Waals surface area (Å²) in [5.74, 6) is -2.30. The van der Waals surface area contributed by atoms with Crippen molar-refractivity contribution in [1.82, 2.24) is 0 Å². The molecule has 4 N–H and O–H groups in total. The van der Waals surface area contributed by atoms with Crippen molar-refractivity contribution in [3.8, 4) is 17.2 Å². The van der Waals surface area contributed by atoms with Gasteiger partial charge < -0.3 is 29.9 Å². The van der Waals surface area contributed by atoms with E-state index in [1.165, 1.54) is 0 Å². The van der Waals surface area contributed by atoms with E-state index in [4.69, 9.17) is 20.4 Å². The molecule has 0 saturated heterocycles. The Morgan fingerprint density at radius 1 is 1.00 bits per heavy atom. The molecule has 0 aromatic heterocycles. The fourth-order valence-corrected chi connectivity index (χ4v) is 0.921. The number of phenolic OH excluding ortho intramolecular Hbond substituents is 1. The van der Waals surface area contributed by atoms with Crippen molar-refractivity contribution < 1.29 is 43.1 Å². The first kappa shape index (κ1) is 13.4. The SMILES string of the molecule is Oc1ccc(OC(F)(F)F)cc1OC(O)(O)O. The van der Waals surface area contributed by atoms with Gasteiger partial charge in [-0.2, -0.15) is 0 Å². The number of alkyl halides is 3. The minimum atomic E-state index is -4.96. The van der Waals surface area contributed by atoms with Gasteiger partial charge in [-0.1, -0.05) is 0 Å². The van der Waals surface area contributed by atoms with Crippen LogP contribution < -0.4 is 9.47 Å². The number of benzene rings is 1. The molecule has 1 rings (SSSR count). The first-order chi connectivity index (χ1) is 7.57. The number of ether oxygens (including phenoxy) is 2. The van der Waals surface area contributed by atoms with E-state index in [1.807, 2.05) is 0 Å². The van der Waals surface area contributed by atoms with Crippen molar-refractivity contribution in [2.24, 2.45) is 0 Å². The zero-order valence-electron chi connectivity index (χ0n) is 7.97. The second kappa shape index (κ2) is 4.28. The van der Waals surface area contributed by atoms with Gasteiger partial charge in [0.05, 0.1) is 0 Å². The van der Waals surface area contributed by atoms with Crippen molar-refractivity contribution >= 4 is 0 Å². The molecule has 0 atom stereocenters. The van der Waals surface area contributed by atoms with Crippen molar-refractivity contribution in [3.63, 3.8) is 0 Å². The first-order valence-corrected chi connectivity index (χ1v) is 4.02. The molecule has 1 aromatic carbocycles. The van der Waals surface area contributed by atoms with Gasteiger partial charge in [-0.05, 0) is 12.1 Å². The maximum absolute atomic E-state index is 11.8. The summed E-state index contributed by atoms with van der Waals surface area (Å²) in [5, 5.41) is 34.4. The Labute approximate surface area is 92.1 Å². The van der Waals surface area contributed by atoms with E-state index in [0.717, 1.165) is 12.1 Å². The van der Waals surface area contributed by atoms with E-state index in [2.05, 4.69) is 9.47 Å². The highest BCUT2D eigenvalue weighted by Gasteiger charge is 2.32. The molecule has 17 heavy (non-hydrogen) atoms. The zero-order valence-corrected chi connectivity index (χ0v) is 7.97. The molecular weight excluding hydrogens is 249 g/mol. The third kappa shape index (κ3) is 4.76. The topological polar surface area (TPSA) is 99.4 Å². The molecule has 9 heteroatoms. The Bertz CT molecular complexity index is 397. The molecule has 0 spiro atoms. The molecule has 0 saturated carbocycles. The molecule has 96 valence electrons. The van der Waals surface area contributed by atoms with Gasteiger partial charge in [-0.25, -0.2) is 0 Å². The lowest BCUT2D eigenvalue weighted by molar-refractivity contribution is -0.419. The third-order valence-electron chi connectivity index (χ3n) is 1.41. The van der Waals surface area contributed by atoms with E-state index < -0.39 is 29.8 Å². The molecule has 0 aliphatic rings. The summed E-state index contributed by atoms with van der Waals surface area (Å²) in [6.45, 7) is 0. The lowest BCUT2D eigenvalue weighted by Crippen LogP contribution is -2.34. The van der Waals surface area contributed by atoms with Gasteiger partial charge in [-0.15, -0.1) is 13.2 Å². The van der Waals surface area contributed by atoms with Crippen LogP contribution in [0.1, 0.15) is 0 Å². The minimum Gasteiger partial charge on any atom is -0.504 e. The maximum atomic E-state index is 11.8. The van der Waals surface area contributed by atoms with Crippen molar-refractivity contribution in [1.29, 1.82) is 0 Å². The summed E-state index contributed by atoms with van der Waals surface area (Å²) in [5.41, 5.74) is 0. The molecule has 0 aliphatic heterocycles. The van der Waals surface area contributed by atoms with Crippen LogP contribution in [-0.2, 0) is 0 Å². The van der Waals surface area contributed by atoms with Crippen LogP contribution in [0.15, 0.2) is 18.2 Å². The van der Waals surface area contributed by atoms with Crippen LogP contribution in [0.25, 0.3) is 0 Å². The Balaban J connectivity index is 2.95. The summed E-state index contributed by atoms with van der Waals surface area (Å²) in [6, 6.07) is 2.03. The standard InChI is InChI=1S/C8H7F3O6/c9-7(10,11)16-4-1-2-5(12)6(3-4)17-8(13,14)15/h1-3,12-15H. The smallest absolute Gasteiger partial charge is 0.504 e. The Hall–Kier alpha value is -1.71. The van der Waals surface area contributed by atoms with E-state index >= 15 is 0 Å². The van der Waals surface area contributed by atoms with Gasteiger partial charge in [0.25, 0.3) is 0 Å².